The number of nitrogen functional groups attached to an aromatic ring is 1. The molecule has 0 spiro atoms. The van der Waals surface area contributed by atoms with Crippen LogP contribution in [0.15, 0.2) is 12.1 Å². The number of anilines is 1. The van der Waals surface area contributed by atoms with Gasteiger partial charge in [0, 0.05) is 6.42 Å². The van der Waals surface area contributed by atoms with Gasteiger partial charge in [-0.3, -0.25) is 4.79 Å². The SMILES string of the molecule is Cc1cc(CCC(=O)O)cc(N)c1O. The number of carboxylic acids is 1. The largest absolute Gasteiger partial charge is 0.506 e. The first-order valence-electron chi connectivity index (χ1n) is 4.30. The molecular formula is C10H13NO3. The number of phenolic OH excluding ortho intramolecular Hbond substituents is 1. The summed E-state index contributed by atoms with van der Waals surface area (Å²) in [4.78, 5) is 10.3. The minimum atomic E-state index is -0.839. The molecular weight excluding hydrogens is 182 g/mol. The van der Waals surface area contributed by atoms with Gasteiger partial charge in [-0.15, -0.1) is 0 Å². The number of benzene rings is 1. The Morgan fingerprint density at radius 2 is 2.14 bits per heavy atom. The average Bonchev–Trinajstić information content (AvgIpc) is 2.10. The van der Waals surface area contributed by atoms with Crippen molar-refractivity contribution >= 4 is 11.7 Å². The molecule has 0 aliphatic carbocycles. The summed E-state index contributed by atoms with van der Waals surface area (Å²) in [6, 6.07) is 3.35. The summed E-state index contributed by atoms with van der Waals surface area (Å²) in [7, 11) is 0. The van der Waals surface area contributed by atoms with Crippen LogP contribution in [0.4, 0.5) is 5.69 Å². The zero-order valence-electron chi connectivity index (χ0n) is 7.95. The summed E-state index contributed by atoms with van der Waals surface area (Å²) in [5.74, 6) is -0.765. The molecule has 14 heavy (non-hydrogen) atoms. The van der Waals surface area contributed by atoms with Crippen LogP contribution >= 0.6 is 0 Å². The van der Waals surface area contributed by atoms with Crippen LogP contribution in [-0.2, 0) is 11.2 Å². The van der Waals surface area contributed by atoms with Crippen LogP contribution in [0.2, 0.25) is 0 Å². The number of hydrogen-bond donors (Lipinski definition) is 3. The predicted molar refractivity (Wildman–Crippen MR) is 53.2 cm³/mol. The molecule has 1 aromatic rings. The monoisotopic (exact) mass is 195 g/mol. The maximum Gasteiger partial charge on any atom is 0.303 e. The van der Waals surface area contributed by atoms with Gasteiger partial charge in [0.2, 0.25) is 0 Å². The predicted octanol–water partition coefficient (Wildman–Crippen LogP) is 1.30. The van der Waals surface area contributed by atoms with Crippen LogP contribution in [0.5, 0.6) is 5.75 Å². The highest BCUT2D eigenvalue weighted by Crippen LogP contribution is 2.26. The summed E-state index contributed by atoms with van der Waals surface area (Å²) in [6.45, 7) is 1.73. The number of carboxylic acid groups (broad SMARTS) is 1. The number of aryl methyl sites for hydroxylation is 2. The van der Waals surface area contributed by atoms with Crippen molar-refractivity contribution in [3.05, 3.63) is 23.3 Å². The first kappa shape index (κ1) is 10.4. The molecule has 4 N–H and O–H groups in total. The van der Waals surface area contributed by atoms with E-state index in [2.05, 4.69) is 0 Å². The lowest BCUT2D eigenvalue weighted by atomic mass is 10.0. The third-order valence-corrected chi connectivity index (χ3v) is 2.02. The van der Waals surface area contributed by atoms with Crippen molar-refractivity contribution in [3.63, 3.8) is 0 Å². The van der Waals surface area contributed by atoms with E-state index in [-0.39, 0.29) is 12.2 Å². The van der Waals surface area contributed by atoms with Crippen molar-refractivity contribution in [2.24, 2.45) is 0 Å². The molecule has 0 amide bonds. The molecule has 0 aliphatic rings. The maximum absolute atomic E-state index is 10.3. The van der Waals surface area contributed by atoms with Gasteiger partial charge in [-0.25, -0.2) is 0 Å². The lowest BCUT2D eigenvalue weighted by molar-refractivity contribution is -0.136. The van der Waals surface area contributed by atoms with Gasteiger partial charge in [0.05, 0.1) is 5.69 Å². The van der Waals surface area contributed by atoms with Crippen molar-refractivity contribution in [1.29, 1.82) is 0 Å². The molecule has 0 saturated carbocycles. The fourth-order valence-corrected chi connectivity index (χ4v) is 1.28. The first-order chi connectivity index (χ1) is 6.50. The molecule has 0 aromatic heterocycles. The summed E-state index contributed by atoms with van der Waals surface area (Å²) in [5, 5.41) is 17.9. The first-order valence-corrected chi connectivity index (χ1v) is 4.30. The van der Waals surface area contributed by atoms with Crippen LogP contribution in [0.25, 0.3) is 0 Å². The minimum Gasteiger partial charge on any atom is -0.506 e. The summed E-state index contributed by atoms with van der Waals surface area (Å²) >= 11 is 0. The van der Waals surface area contributed by atoms with Gasteiger partial charge < -0.3 is 15.9 Å². The Bertz CT molecular complexity index is 337. The van der Waals surface area contributed by atoms with Gasteiger partial charge in [0.1, 0.15) is 5.75 Å². The molecule has 4 nitrogen and oxygen atoms in total. The quantitative estimate of drug-likeness (QED) is 0.501. The fraction of sp³-hybridized carbons (Fsp3) is 0.300. The zero-order chi connectivity index (χ0) is 10.7. The van der Waals surface area contributed by atoms with E-state index in [9.17, 15) is 9.90 Å². The highest BCUT2D eigenvalue weighted by molar-refractivity contribution is 5.67. The highest BCUT2D eigenvalue weighted by atomic mass is 16.4. The van der Waals surface area contributed by atoms with Crippen LogP contribution in [0.3, 0.4) is 0 Å². The van der Waals surface area contributed by atoms with E-state index >= 15 is 0 Å². The fourth-order valence-electron chi connectivity index (χ4n) is 1.28. The average molecular weight is 195 g/mol. The van der Waals surface area contributed by atoms with Crippen molar-refractivity contribution in [2.45, 2.75) is 19.8 Å². The van der Waals surface area contributed by atoms with Gasteiger partial charge in [-0.05, 0) is 30.5 Å². The Morgan fingerprint density at radius 1 is 1.50 bits per heavy atom. The molecule has 0 atom stereocenters. The molecule has 0 fully saturated rings. The number of aromatic hydroxyl groups is 1. The number of rotatable bonds is 3. The van der Waals surface area contributed by atoms with E-state index in [0.717, 1.165) is 5.56 Å². The van der Waals surface area contributed by atoms with E-state index < -0.39 is 5.97 Å². The molecule has 76 valence electrons. The second-order valence-electron chi connectivity index (χ2n) is 3.24. The standard InChI is InChI=1S/C10H13NO3/c1-6-4-7(2-3-9(12)13)5-8(11)10(6)14/h4-5,14H,2-3,11H2,1H3,(H,12,13). The summed E-state index contributed by atoms with van der Waals surface area (Å²) in [5.41, 5.74) is 7.33. The minimum absolute atomic E-state index is 0.0731. The molecule has 0 bridgehead atoms. The second kappa shape index (κ2) is 4.00. The number of carbonyl (C=O) groups is 1. The van der Waals surface area contributed by atoms with E-state index in [4.69, 9.17) is 10.8 Å². The topological polar surface area (TPSA) is 83.5 Å². The van der Waals surface area contributed by atoms with Crippen molar-refractivity contribution in [3.8, 4) is 5.75 Å². The van der Waals surface area contributed by atoms with Gasteiger partial charge in [0.25, 0.3) is 0 Å². The Labute approximate surface area is 82.0 Å². The van der Waals surface area contributed by atoms with Crippen molar-refractivity contribution < 1.29 is 15.0 Å². The Balaban J connectivity index is 2.84. The Hall–Kier alpha value is -1.71. The van der Waals surface area contributed by atoms with E-state index in [1.54, 1.807) is 19.1 Å². The van der Waals surface area contributed by atoms with Crippen molar-refractivity contribution in [1.82, 2.24) is 0 Å². The highest BCUT2D eigenvalue weighted by Gasteiger charge is 2.05. The van der Waals surface area contributed by atoms with E-state index in [1.165, 1.54) is 0 Å². The van der Waals surface area contributed by atoms with Crippen LogP contribution in [0.1, 0.15) is 17.5 Å². The third kappa shape index (κ3) is 2.39. The molecule has 0 radical (unpaired) electrons. The summed E-state index contributed by atoms with van der Waals surface area (Å²) in [6.07, 6.45) is 0.504. The van der Waals surface area contributed by atoms with Gasteiger partial charge in [0.15, 0.2) is 0 Å². The van der Waals surface area contributed by atoms with Gasteiger partial charge in [-0.1, -0.05) is 6.07 Å². The molecule has 4 heteroatoms. The van der Waals surface area contributed by atoms with Gasteiger partial charge >= 0.3 is 5.97 Å². The van der Waals surface area contributed by atoms with Crippen LogP contribution in [0, 0.1) is 6.92 Å². The summed E-state index contributed by atoms with van der Waals surface area (Å²) < 4.78 is 0. The smallest absolute Gasteiger partial charge is 0.303 e. The van der Waals surface area contributed by atoms with E-state index in [1.807, 2.05) is 0 Å². The van der Waals surface area contributed by atoms with Crippen LogP contribution in [-0.4, -0.2) is 16.2 Å². The van der Waals surface area contributed by atoms with Gasteiger partial charge in [-0.2, -0.15) is 0 Å². The van der Waals surface area contributed by atoms with E-state index in [0.29, 0.717) is 17.7 Å². The normalized spacial score (nSPS) is 10.1. The Morgan fingerprint density at radius 3 is 2.64 bits per heavy atom. The Kier molecular flexibility index (Phi) is 2.96. The second-order valence-corrected chi connectivity index (χ2v) is 3.24. The molecule has 0 aliphatic heterocycles. The van der Waals surface area contributed by atoms with Crippen molar-refractivity contribution in [2.75, 3.05) is 5.73 Å². The number of aliphatic carboxylic acids is 1. The molecule has 1 rings (SSSR count). The molecule has 0 saturated heterocycles. The lowest BCUT2D eigenvalue weighted by Gasteiger charge is -2.06. The molecule has 0 unspecified atom stereocenters. The number of phenols is 1. The molecule has 1 aromatic carbocycles. The zero-order valence-corrected chi connectivity index (χ0v) is 7.95. The number of nitrogens with two attached hydrogens (primary N) is 1. The molecule has 0 heterocycles. The number of hydrogen-bond acceptors (Lipinski definition) is 3. The maximum atomic E-state index is 10.3. The van der Waals surface area contributed by atoms with Crippen LogP contribution < -0.4 is 5.73 Å². The third-order valence-electron chi connectivity index (χ3n) is 2.02. The lowest BCUT2D eigenvalue weighted by Crippen LogP contribution is -1.99.